The first-order valence-corrected chi connectivity index (χ1v) is 11.6. The molecule has 2 aromatic heterocycles. The van der Waals surface area contributed by atoms with Gasteiger partial charge in [0.1, 0.15) is 10.8 Å². The van der Waals surface area contributed by atoms with Gasteiger partial charge in [0.05, 0.1) is 11.1 Å². The number of halogens is 5. The zero-order valence-electron chi connectivity index (χ0n) is 18.6. The normalized spacial score (nSPS) is 18.7. The Bertz CT molecular complexity index is 1210. The lowest BCUT2D eigenvalue weighted by atomic mass is 9.89. The molecule has 2 heterocycles. The van der Waals surface area contributed by atoms with Crippen molar-refractivity contribution < 1.29 is 18.0 Å². The molecule has 1 saturated carbocycles. The Balaban J connectivity index is 1.51. The summed E-state index contributed by atoms with van der Waals surface area (Å²) in [4.78, 5) is 22.4. The van der Waals surface area contributed by atoms with Crippen LogP contribution in [0.1, 0.15) is 47.3 Å². The fourth-order valence-corrected chi connectivity index (χ4v) is 4.94. The third kappa shape index (κ3) is 5.08. The third-order valence-corrected chi connectivity index (χ3v) is 6.86. The van der Waals surface area contributed by atoms with Crippen LogP contribution in [-0.2, 0) is 6.18 Å². The molecule has 0 unspecified atom stereocenters. The average Bonchev–Trinajstić information content (AvgIpc) is 2.77. The Kier molecular flexibility index (Phi) is 6.92. The maximum Gasteiger partial charge on any atom is 0.433 e. The number of aromatic nitrogens is 2. The van der Waals surface area contributed by atoms with Crippen LogP contribution in [0.3, 0.4) is 0 Å². The number of hydrogen-bond donors (Lipinski definition) is 1. The first kappa shape index (κ1) is 24.5. The van der Waals surface area contributed by atoms with Gasteiger partial charge in [-0.1, -0.05) is 23.2 Å². The average molecular weight is 511 g/mol. The lowest BCUT2D eigenvalue weighted by Gasteiger charge is -2.37. The molecule has 1 fully saturated rings. The summed E-state index contributed by atoms with van der Waals surface area (Å²) in [6.07, 6.45) is -0.228. The second-order valence-electron chi connectivity index (χ2n) is 8.57. The van der Waals surface area contributed by atoms with E-state index in [9.17, 15) is 18.0 Å². The third-order valence-electron chi connectivity index (χ3n) is 6.34. The number of nitrogens with zero attached hydrogens (tertiary/aromatic N) is 3. The molecule has 5 nitrogen and oxygen atoms in total. The number of nitrogens with one attached hydrogen (secondary N) is 1. The predicted molar refractivity (Wildman–Crippen MR) is 128 cm³/mol. The number of carbonyl (C=O) groups excluding carboxylic acids is 1. The topological polar surface area (TPSA) is 58.1 Å². The van der Waals surface area contributed by atoms with E-state index < -0.39 is 11.9 Å². The van der Waals surface area contributed by atoms with Gasteiger partial charge < -0.3 is 10.2 Å². The molecule has 0 bridgehead atoms. The monoisotopic (exact) mass is 510 g/mol. The fraction of sp³-hybridized carbons (Fsp3) is 0.375. The molecular formula is C24H23Cl2F3N4O. The highest BCUT2D eigenvalue weighted by Gasteiger charge is 2.35. The number of hydrogen-bond acceptors (Lipinski definition) is 4. The Morgan fingerprint density at radius 2 is 1.82 bits per heavy atom. The van der Waals surface area contributed by atoms with E-state index in [0.717, 1.165) is 11.6 Å². The maximum atomic E-state index is 13.5. The van der Waals surface area contributed by atoms with Gasteiger partial charge in [0, 0.05) is 41.4 Å². The van der Waals surface area contributed by atoms with Gasteiger partial charge in [-0.15, -0.1) is 0 Å². The van der Waals surface area contributed by atoms with Crippen LogP contribution in [0.15, 0.2) is 36.5 Å². The molecule has 34 heavy (non-hydrogen) atoms. The van der Waals surface area contributed by atoms with E-state index in [1.165, 1.54) is 12.1 Å². The van der Waals surface area contributed by atoms with Crippen molar-refractivity contribution in [1.82, 2.24) is 15.3 Å². The Morgan fingerprint density at radius 3 is 2.47 bits per heavy atom. The highest BCUT2D eigenvalue weighted by Crippen LogP contribution is 2.37. The van der Waals surface area contributed by atoms with Crippen LogP contribution in [0.25, 0.3) is 10.9 Å². The molecule has 0 saturated heterocycles. The number of pyridine rings is 2. The standard InChI is InChI=1S/C24H23Cl2F3N4O/c1-13-9-10-30-22(26)21(13)23(34)31-15-4-6-16(7-5-15)33(2)19-12-20(24(27,28)29)32-18-8-3-14(25)11-17(18)19/h3,8-12,15-16H,4-7H2,1-2H3,(H,31,34)/t15-,16+. The molecule has 1 aliphatic carbocycles. The molecule has 180 valence electrons. The number of benzene rings is 1. The van der Waals surface area contributed by atoms with Crippen molar-refractivity contribution in [2.75, 3.05) is 11.9 Å². The molecule has 3 aromatic rings. The molecule has 0 atom stereocenters. The van der Waals surface area contributed by atoms with Crippen molar-refractivity contribution >= 4 is 45.7 Å². The predicted octanol–water partition coefficient (Wildman–Crippen LogP) is 6.44. The van der Waals surface area contributed by atoms with Crippen LogP contribution < -0.4 is 10.2 Å². The molecule has 0 spiro atoms. The van der Waals surface area contributed by atoms with Gasteiger partial charge in [-0.2, -0.15) is 13.2 Å². The minimum absolute atomic E-state index is 0.00235. The first-order valence-electron chi connectivity index (χ1n) is 10.9. The number of fused-ring (bicyclic) bond motifs is 1. The van der Waals surface area contributed by atoms with E-state index in [4.69, 9.17) is 23.2 Å². The largest absolute Gasteiger partial charge is 0.433 e. The highest BCUT2D eigenvalue weighted by molar-refractivity contribution is 6.33. The molecule has 4 rings (SSSR count). The summed E-state index contributed by atoms with van der Waals surface area (Å²) in [7, 11) is 1.79. The maximum absolute atomic E-state index is 13.5. The number of amides is 1. The summed E-state index contributed by atoms with van der Waals surface area (Å²) >= 11 is 12.2. The molecular weight excluding hydrogens is 488 g/mol. The van der Waals surface area contributed by atoms with Gasteiger partial charge in [-0.25, -0.2) is 9.97 Å². The summed E-state index contributed by atoms with van der Waals surface area (Å²) in [5.74, 6) is -0.267. The molecule has 1 aromatic carbocycles. The highest BCUT2D eigenvalue weighted by atomic mass is 35.5. The van der Waals surface area contributed by atoms with Crippen molar-refractivity contribution in [1.29, 1.82) is 0 Å². The Morgan fingerprint density at radius 1 is 1.12 bits per heavy atom. The quantitative estimate of drug-likeness (QED) is 0.410. The van der Waals surface area contributed by atoms with Crippen LogP contribution >= 0.6 is 23.2 Å². The molecule has 10 heteroatoms. The molecule has 0 radical (unpaired) electrons. The van der Waals surface area contributed by atoms with Crippen LogP contribution in [0.4, 0.5) is 18.9 Å². The van der Waals surface area contributed by atoms with Gasteiger partial charge in [0.25, 0.3) is 5.91 Å². The summed E-state index contributed by atoms with van der Waals surface area (Å²) in [5.41, 5.74) is 0.850. The zero-order valence-corrected chi connectivity index (χ0v) is 20.1. The van der Waals surface area contributed by atoms with Gasteiger partial charge in [-0.05, 0) is 68.5 Å². The summed E-state index contributed by atoms with van der Waals surface area (Å²) in [5, 5.41) is 4.19. The smallest absolute Gasteiger partial charge is 0.371 e. The van der Waals surface area contributed by atoms with Crippen LogP contribution in [0.5, 0.6) is 0 Å². The van der Waals surface area contributed by atoms with Gasteiger partial charge in [-0.3, -0.25) is 4.79 Å². The second kappa shape index (κ2) is 9.58. The summed E-state index contributed by atoms with van der Waals surface area (Å²) in [6, 6.07) is 7.44. The second-order valence-corrected chi connectivity index (χ2v) is 9.36. The van der Waals surface area contributed by atoms with Crippen molar-refractivity contribution in [3.05, 3.63) is 63.5 Å². The zero-order chi connectivity index (χ0) is 24.6. The van der Waals surface area contributed by atoms with Gasteiger partial charge in [0.15, 0.2) is 0 Å². The van der Waals surface area contributed by atoms with E-state index in [-0.39, 0.29) is 28.7 Å². The Labute approximate surface area is 205 Å². The minimum Gasteiger partial charge on any atom is -0.371 e. The van der Waals surface area contributed by atoms with Crippen LogP contribution in [0, 0.1) is 6.92 Å². The number of rotatable bonds is 4. The number of anilines is 1. The van der Waals surface area contributed by atoms with Crippen molar-refractivity contribution in [2.24, 2.45) is 0 Å². The van der Waals surface area contributed by atoms with Gasteiger partial charge >= 0.3 is 6.18 Å². The SMILES string of the molecule is Cc1ccnc(Cl)c1C(=O)N[C@H]1CC[C@@H](N(C)c2cc(C(F)(F)F)nc3ccc(Cl)cc23)CC1. The van der Waals surface area contributed by atoms with Gasteiger partial charge in [0.2, 0.25) is 0 Å². The molecule has 0 aliphatic heterocycles. The number of aryl methyl sites for hydroxylation is 1. The molecule has 1 aliphatic rings. The van der Waals surface area contributed by atoms with E-state index in [0.29, 0.717) is 47.3 Å². The van der Waals surface area contributed by atoms with Crippen LogP contribution in [-0.4, -0.2) is 35.0 Å². The Hall–Kier alpha value is -2.58. The van der Waals surface area contributed by atoms with Crippen molar-refractivity contribution in [2.45, 2.75) is 50.9 Å². The summed E-state index contributed by atoms with van der Waals surface area (Å²) in [6.45, 7) is 1.80. The number of alkyl halides is 3. The number of carbonyl (C=O) groups is 1. The molecule has 1 N–H and O–H groups in total. The van der Waals surface area contributed by atoms with E-state index in [1.54, 1.807) is 32.3 Å². The lowest BCUT2D eigenvalue weighted by molar-refractivity contribution is -0.140. The van der Waals surface area contributed by atoms with E-state index in [2.05, 4.69) is 15.3 Å². The molecule has 1 amide bonds. The van der Waals surface area contributed by atoms with Crippen molar-refractivity contribution in [3.63, 3.8) is 0 Å². The van der Waals surface area contributed by atoms with E-state index in [1.807, 2.05) is 4.90 Å². The fourth-order valence-electron chi connectivity index (χ4n) is 4.48. The van der Waals surface area contributed by atoms with Crippen LogP contribution in [0.2, 0.25) is 10.2 Å². The van der Waals surface area contributed by atoms with Crippen molar-refractivity contribution in [3.8, 4) is 0 Å². The lowest BCUT2D eigenvalue weighted by Crippen LogP contribution is -2.43. The minimum atomic E-state index is -4.56. The van der Waals surface area contributed by atoms with E-state index >= 15 is 0 Å². The summed E-state index contributed by atoms with van der Waals surface area (Å²) < 4.78 is 40.5. The first-order chi connectivity index (χ1) is 16.0.